The zero-order chi connectivity index (χ0) is 20.3. The molecule has 0 atom stereocenters. The van der Waals surface area contributed by atoms with E-state index in [0.29, 0.717) is 23.7 Å². The van der Waals surface area contributed by atoms with Crippen molar-refractivity contribution in [2.75, 3.05) is 19.6 Å². The number of pyridine rings is 1. The lowest BCUT2D eigenvalue weighted by Gasteiger charge is -2.47. The van der Waals surface area contributed by atoms with Crippen LogP contribution in [0.5, 0.6) is 0 Å². The van der Waals surface area contributed by atoms with Gasteiger partial charge < -0.3 is 4.90 Å². The number of likely N-dealkylation sites (tertiary alicyclic amines) is 2. The fraction of sp³-hybridized carbons (Fsp3) is 0.520. The van der Waals surface area contributed by atoms with Gasteiger partial charge in [-0.1, -0.05) is 38.1 Å². The highest BCUT2D eigenvalue weighted by molar-refractivity contribution is 5.77. The minimum Gasteiger partial charge on any atom is -0.338 e. The first-order valence-electron chi connectivity index (χ1n) is 11.0. The number of piperidine rings is 2. The van der Waals surface area contributed by atoms with E-state index in [4.69, 9.17) is 0 Å². The van der Waals surface area contributed by atoms with Gasteiger partial charge in [0.05, 0.1) is 0 Å². The fourth-order valence-electron chi connectivity index (χ4n) is 4.81. The van der Waals surface area contributed by atoms with Crippen molar-refractivity contribution in [2.24, 2.45) is 5.41 Å². The summed E-state index contributed by atoms with van der Waals surface area (Å²) in [7, 11) is 0. The Morgan fingerprint density at radius 2 is 1.59 bits per heavy atom. The Morgan fingerprint density at radius 1 is 0.931 bits per heavy atom. The molecule has 0 bridgehead atoms. The molecule has 0 N–H and O–H groups in total. The first kappa shape index (κ1) is 20.1. The highest BCUT2D eigenvalue weighted by Gasteiger charge is 2.40. The summed E-state index contributed by atoms with van der Waals surface area (Å²) < 4.78 is 0. The third kappa shape index (κ3) is 4.87. The molecule has 154 valence electrons. The van der Waals surface area contributed by atoms with Gasteiger partial charge >= 0.3 is 0 Å². The molecule has 1 aromatic heterocycles. The molecule has 2 saturated heterocycles. The van der Waals surface area contributed by atoms with Crippen LogP contribution in [0.1, 0.15) is 62.1 Å². The third-order valence-corrected chi connectivity index (χ3v) is 6.84. The largest absolute Gasteiger partial charge is 0.338 e. The Morgan fingerprint density at radius 3 is 2.24 bits per heavy atom. The SMILES string of the molecule is CC(C)c1ccc(CN2CCC3(CCC(=O)N(Cc4ccncc4)C3)CC2)cc1. The van der Waals surface area contributed by atoms with Gasteiger partial charge in [-0.2, -0.15) is 0 Å². The normalized spacial score (nSPS) is 19.8. The van der Waals surface area contributed by atoms with E-state index in [0.717, 1.165) is 39.1 Å². The Bertz CT molecular complexity index is 808. The minimum absolute atomic E-state index is 0.305. The third-order valence-electron chi connectivity index (χ3n) is 6.84. The second-order valence-corrected chi connectivity index (χ2v) is 9.28. The lowest BCUT2D eigenvalue weighted by atomic mass is 9.72. The van der Waals surface area contributed by atoms with Crippen molar-refractivity contribution >= 4 is 5.91 Å². The van der Waals surface area contributed by atoms with Crippen molar-refractivity contribution in [1.29, 1.82) is 0 Å². The Balaban J connectivity index is 1.33. The van der Waals surface area contributed by atoms with Crippen LogP contribution in [0.15, 0.2) is 48.8 Å². The molecule has 1 amide bonds. The maximum absolute atomic E-state index is 12.5. The zero-order valence-electron chi connectivity index (χ0n) is 17.8. The lowest BCUT2D eigenvalue weighted by molar-refractivity contribution is -0.140. The molecule has 2 aliphatic rings. The number of carbonyl (C=O) groups excluding carboxylic acids is 1. The number of amides is 1. The van der Waals surface area contributed by atoms with E-state index >= 15 is 0 Å². The highest BCUT2D eigenvalue weighted by atomic mass is 16.2. The van der Waals surface area contributed by atoms with Crippen molar-refractivity contribution in [3.63, 3.8) is 0 Å². The summed E-state index contributed by atoms with van der Waals surface area (Å²) in [5.74, 6) is 0.892. The molecule has 2 aromatic rings. The number of benzene rings is 1. The van der Waals surface area contributed by atoms with Crippen LogP contribution < -0.4 is 0 Å². The maximum Gasteiger partial charge on any atom is 0.222 e. The molecule has 4 rings (SSSR count). The van der Waals surface area contributed by atoms with Crippen molar-refractivity contribution in [3.8, 4) is 0 Å². The molecule has 0 saturated carbocycles. The summed E-state index contributed by atoms with van der Waals surface area (Å²) >= 11 is 0. The molecular weight excluding hydrogens is 358 g/mol. The average molecular weight is 392 g/mol. The van der Waals surface area contributed by atoms with Gasteiger partial charge in [0.15, 0.2) is 0 Å². The number of nitrogens with zero attached hydrogens (tertiary/aromatic N) is 3. The van der Waals surface area contributed by atoms with Crippen LogP contribution in [0.25, 0.3) is 0 Å². The van der Waals surface area contributed by atoms with Gasteiger partial charge in [-0.05, 0) is 72.5 Å². The predicted octanol–water partition coefficient (Wildman–Crippen LogP) is 4.61. The predicted molar refractivity (Wildman–Crippen MR) is 116 cm³/mol. The van der Waals surface area contributed by atoms with Crippen LogP contribution >= 0.6 is 0 Å². The van der Waals surface area contributed by atoms with Gasteiger partial charge in [-0.25, -0.2) is 0 Å². The molecule has 0 radical (unpaired) electrons. The monoisotopic (exact) mass is 391 g/mol. The van der Waals surface area contributed by atoms with E-state index in [9.17, 15) is 4.79 Å². The van der Waals surface area contributed by atoms with Crippen molar-refractivity contribution < 1.29 is 4.79 Å². The molecule has 0 aliphatic carbocycles. The molecular formula is C25H33N3O. The molecule has 29 heavy (non-hydrogen) atoms. The van der Waals surface area contributed by atoms with Crippen LogP contribution in [0.2, 0.25) is 0 Å². The van der Waals surface area contributed by atoms with Crippen LogP contribution in [0.4, 0.5) is 0 Å². The van der Waals surface area contributed by atoms with E-state index < -0.39 is 0 Å². The first-order chi connectivity index (χ1) is 14.0. The molecule has 2 fully saturated rings. The average Bonchev–Trinajstić information content (AvgIpc) is 2.74. The summed E-state index contributed by atoms with van der Waals surface area (Å²) in [5.41, 5.74) is 4.29. The minimum atomic E-state index is 0.305. The number of carbonyl (C=O) groups is 1. The van der Waals surface area contributed by atoms with Crippen LogP contribution in [-0.2, 0) is 17.9 Å². The molecule has 4 heteroatoms. The summed E-state index contributed by atoms with van der Waals surface area (Å²) in [6.45, 7) is 9.40. The summed E-state index contributed by atoms with van der Waals surface area (Å²) in [6.07, 6.45) is 7.75. The topological polar surface area (TPSA) is 36.4 Å². The second kappa shape index (κ2) is 8.66. The molecule has 1 spiro atoms. The second-order valence-electron chi connectivity index (χ2n) is 9.28. The van der Waals surface area contributed by atoms with E-state index in [-0.39, 0.29) is 0 Å². The van der Waals surface area contributed by atoms with Gasteiger partial charge in [0, 0.05) is 38.4 Å². The number of hydrogen-bond acceptors (Lipinski definition) is 3. The summed E-state index contributed by atoms with van der Waals surface area (Å²) in [5, 5.41) is 0. The van der Waals surface area contributed by atoms with Gasteiger partial charge in [0.1, 0.15) is 0 Å². The van der Waals surface area contributed by atoms with E-state index in [1.807, 2.05) is 24.5 Å². The lowest BCUT2D eigenvalue weighted by Crippen LogP contribution is -2.51. The standard InChI is InChI=1S/C25H33N3O/c1-20(2)23-5-3-21(4-6-23)17-27-15-11-25(12-16-27)10-7-24(29)28(19-25)18-22-8-13-26-14-9-22/h3-6,8-9,13-14,20H,7,10-12,15-19H2,1-2H3. The fourth-order valence-corrected chi connectivity index (χ4v) is 4.81. The number of hydrogen-bond donors (Lipinski definition) is 0. The molecule has 4 nitrogen and oxygen atoms in total. The summed E-state index contributed by atoms with van der Waals surface area (Å²) in [6, 6.07) is 13.2. The van der Waals surface area contributed by atoms with Gasteiger partial charge in [-0.3, -0.25) is 14.7 Å². The highest BCUT2D eigenvalue weighted by Crippen LogP contribution is 2.40. The Labute approximate surface area is 174 Å². The maximum atomic E-state index is 12.5. The van der Waals surface area contributed by atoms with Crippen LogP contribution in [0, 0.1) is 5.41 Å². The van der Waals surface area contributed by atoms with Crippen molar-refractivity contribution in [1.82, 2.24) is 14.8 Å². The van der Waals surface area contributed by atoms with Crippen molar-refractivity contribution in [2.45, 2.75) is 58.5 Å². The van der Waals surface area contributed by atoms with E-state index in [1.54, 1.807) is 0 Å². The van der Waals surface area contributed by atoms with Gasteiger partial charge in [0.25, 0.3) is 0 Å². The first-order valence-corrected chi connectivity index (χ1v) is 11.0. The number of rotatable bonds is 5. The molecule has 2 aliphatic heterocycles. The van der Waals surface area contributed by atoms with Crippen LogP contribution in [0.3, 0.4) is 0 Å². The smallest absolute Gasteiger partial charge is 0.222 e. The van der Waals surface area contributed by atoms with Gasteiger partial charge in [-0.15, -0.1) is 0 Å². The number of aromatic nitrogens is 1. The molecule has 0 unspecified atom stereocenters. The Kier molecular flexibility index (Phi) is 6.00. The van der Waals surface area contributed by atoms with E-state index in [2.05, 4.69) is 52.9 Å². The van der Waals surface area contributed by atoms with Crippen molar-refractivity contribution in [3.05, 3.63) is 65.5 Å². The zero-order valence-corrected chi connectivity index (χ0v) is 17.8. The van der Waals surface area contributed by atoms with Crippen LogP contribution in [-0.4, -0.2) is 40.3 Å². The molecule has 3 heterocycles. The van der Waals surface area contributed by atoms with E-state index in [1.165, 1.54) is 29.5 Å². The quantitative estimate of drug-likeness (QED) is 0.747. The summed E-state index contributed by atoms with van der Waals surface area (Å²) in [4.78, 5) is 21.3. The van der Waals surface area contributed by atoms with Gasteiger partial charge in [0.2, 0.25) is 5.91 Å². The molecule has 1 aromatic carbocycles. The Hall–Kier alpha value is -2.20.